The first-order chi connectivity index (χ1) is 17.7. The Labute approximate surface area is 212 Å². The van der Waals surface area contributed by atoms with Crippen molar-refractivity contribution < 1.29 is 39.6 Å². The van der Waals surface area contributed by atoms with Crippen molar-refractivity contribution in [3.63, 3.8) is 0 Å². The zero-order valence-corrected chi connectivity index (χ0v) is 19.8. The Morgan fingerprint density at radius 1 is 0.784 bits per heavy atom. The Hall–Kier alpha value is -4.50. The van der Waals surface area contributed by atoms with Gasteiger partial charge in [0.2, 0.25) is 0 Å². The molecular formula is C28H25NO8. The Kier molecular flexibility index (Phi) is 7.35. The van der Waals surface area contributed by atoms with Crippen LogP contribution in [0, 0.1) is 0 Å². The van der Waals surface area contributed by atoms with Gasteiger partial charge in [0, 0.05) is 6.54 Å². The van der Waals surface area contributed by atoms with Crippen LogP contribution in [0.3, 0.4) is 0 Å². The Morgan fingerprint density at radius 3 is 2.08 bits per heavy atom. The second kappa shape index (κ2) is 10.6. The number of hydrogen-bond donors (Lipinski definition) is 4. The highest BCUT2D eigenvalue weighted by Crippen LogP contribution is 2.37. The van der Waals surface area contributed by atoms with Crippen LogP contribution in [0.5, 0.6) is 0 Å². The summed E-state index contributed by atoms with van der Waals surface area (Å²) in [7, 11) is 0. The summed E-state index contributed by atoms with van der Waals surface area (Å²) in [5.74, 6) is -5.74. The molecule has 0 spiro atoms. The summed E-state index contributed by atoms with van der Waals surface area (Å²) in [5, 5.41) is 38.9. The standard InChI is InChI=1S/C28H25NO8/c30-15-17-6-3-5-16(13-17)14-29(22-10-4-8-18-7-1-2-9-19(18)22)25(31)23-20(26(32)33)11-12-21(27(34)35)24(23)28(36)37/h1-3,5-7,9,11-13,22,30H,4,8,10,14-15H2,(H,32,33)(H,34,35)(H,36,37)/t22-/m0/s1. The summed E-state index contributed by atoms with van der Waals surface area (Å²) in [5.41, 5.74) is 0.334. The normalized spacial score (nSPS) is 14.5. The number of carboxylic acids is 3. The molecule has 0 heterocycles. The van der Waals surface area contributed by atoms with E-state index < -0.39 is 52.1 Å². The van der Waals surface area contributed by atoms with Crippen molar-refractivity contribution in [2.24, 2.45) is 0 Å². The van der Waals surface area contributed by atoms with Gasteiger partial charge in [-0.25, -0.2) is 14.4 Å². The van der Waals surface area contributed by atoms with Gasteiger partial charge in [0.25, 0.3) is 5.91 Å². The molecule has 4 rings (SSSR count). The average Bonchev–Trinajstić information content (AvgIpc) is 2.90. The number of carbonyl (C=O) groups is 4. The fraction of sp³-hybridized carbons (Fsp3) is 0.214. The second-order valence-corrected chi connectivity index (χ2v) is 8.84. The third-order valence-corrected chi connectivity index (χ3v) is 6.60. The first kappa shape index (κ1) is 25.6. The largest absolute Gasteiger partial charge is 0.478 e. The number of aliphatic hydroxyl groups excluding tert-OH is 1. The Bertz CT molecular complexity index is 1400. The first-order valence-corrected chi connectivity index (χ1v) is 11.7. The van der Waals surface area contributed by atoms with Gasteiger partial charge >= 0.3 is 17.9 Å². The predicted octanol–water partition coefficient (Wildman–Crippen LogP) is 3.99. The summed E-state index contributed by atoms with van der Waals surface area (Å²) >= 11 is 0. The quantitative estimate of drug-likeness (QED) is 0.360. The SMILES string of the molecule is O=C(O)c1ccc(C(=O)O)c(C(=O)N(Cc2cccc(CO)c2)[C@H]2CCCc3ccccc32)c1C(=O)O. The average molecular weight is 504 g/mol. The lowest BCUT2D eigenvalue weighted by molar-refractivity contribution is 0.0594. The minimum atomic E-state index is -1.71. The smallest absolute Gasteiger partial charge is 0.337 e. The summed E-state index contributed by atoms with van der Waals surface area (Å²) in [6.07, 6.45) is 2.09. The van der Waals surface area contributed by atoms with Gasteiger partial charge in [-0.15, -0.1) is 0 Å². The number of carboxylic acid groups (broad SMARTS) is 3. The third kappa shape index (κ3) is 5.07. The number of amides is 1. The van der Waals surface area contributed by atoms with Gasteiger partial charge in [0.05, 0.1) is 34.9 Å². The number of rotatable bonds is 8. The molecule has 0 radical (unpaired) electrons. The predicted molar refractivity (Wildman–Crippen MR) is 132 cm³/mol. The molecule has 0 aromatic heterocycles. The van der Waals surface area contributed by atoms with Crippen molar-refractivity contribution in [3.8, 4) is 0 Å². The number of fused-ring (bicyclic) bond motifs is 1. The summed E-state index contributed by atoms with van der Waals surface area (Å²) < 4.78 is 0. The van der Waals surface area contributed by atoms with Crippen molar-refractivity contribution in [1.82, 2.24) is 4.90 Å². The number of aryl methyl sites for hydroxylation is 1. The molecule has 1 amide bonds. The number of nitrogens with zero attached hydrogens (tertiary/aromatic N) is 1. The molecule has 0 saturated carbocycles. The van der Waals surface area contributed by atoms with Crippen LogP contribution in [0.25, 0.3) is 0 Å². The molecule has 9 nitrogen and oxygen atoms in total. The van der Waals surface area contributed by atoms with Gasteiger partial charge in [0.15, 0.2) is 0 Å². The van der Waals surface area contributed by atoms with E-state index in [2.05, 4.69) is 0 Å². The monoisotopic (exact) mass is 503 g/mol. The highest BCUT2D eigenvalue weighted by molar-refractivity contribution is 6.15. The topological polar surface area (TPSA) is 152 Å². The first-order valence-electron chi connectivity index (χ1n) is 11.7. The van der Waals surface area contributed by atoms with Crippen LogP contribution in [0.4, 0.5) is 0 Å². The molecule has 0 fully saturated rings. The molecule has 3 aromatic rings. The van der Waals surface area contributed by atoms with E-state index in [0.717, 1.165) is 36.1 Å². The molecule has 1 aliphatic rings. The van der Waals surface area contributed by atoms with Gasteiger partial charge < -0.3 is 25.3 Å². The van der Waals surface area contributed by atoms with Crippen molar-refractivity contribution in [2.45, 2.75) is 38.5 Å². The van der Waals surface area contributed by atoms with Gasteiger partial charge in [-0.3, -0.25) is 4.79 Å². The number of hydrogen-bond acceptors (Lipinski definition) is 5. The van der Waals surface area contributed by atoms with E-state index in [1.54, 1.807) is 24.3 Å². The molecule has 190 valence electrons. The van der Waals surface area contributed by atoms with Crippen LogP contribution in [0.15, 0.2) is 60.7 Å². The van der Waals surface area contributed by atoms with E-state index in [1.807, 2.05) is 24.3 Å². The van der Waals surface area contributed by atoms with Crippen molar-refractivity contribution in [1.29, 1.82) is 0 Å². The van der Waals surface area contributed by atoms with E-state index >= 15 is 0 Å². The molecule has 1 aliphatic carbocycles. The minimum absolute atomic E-state index is 0.0128. The van der Waals surface area contributed by atoms with E-state index in [0.29, 0.717) is 17.5 Å². The molecule has 37 heavy (non-hydrogen) atoms. The highest BCUT2D eigenvalue weighted by atomic mass is 16.4. The van der Waals surface area contributed by atoms with Crippen molar-refractivity contribution in [2.75, 3.05) is 0 Å². The number of aliphatic hydroxyl groups is 1. The lowest BCUT2D eigenvalue weighted by atomic mass is 9.85. The van der Waals surface area contributed by atoms with E-state index in [1.165, 1.54) is 4.90 Å². The third-order valence-electron chi connectivity index (χ3n) is 6.60. The molecule has 4 N–H and O–H groups in total. The lowest BCUT2D eigenvalue weighted by Crippen LogP contribution is -2.38. The maximum absolute atomic E-state index is 14.2. The van der Waals surface area contributed by atoms with Crippen molar-refractivity contribution in [3.05, 3.63) is 105 Å². The summed E-state index contributed by atoms with van der Waals surface area (Å²) in [6, 6.07) is 15.8. The van der Waals surface area contributed by atoms with Gasteiger partial charge in [-0.2, -0.15) is 0 Å². The molecule has 1 atom stereocenters. The lowest BCUT2D eigenvalue weighted by Gasteiger charge is -2.37. The number of aromatic carboxylic acids is 3. The van der Waals surface area contributed by atoms with Crippen LogP contribution in [-0.4, -0.2) is 49.1 Å². The molecule has 9 heteroatoms. The Balaban J connectivity index is 1.94. The van der Waals surface area contributed by atoms with Gasteiger partial charge in [-0.1, -0.05) is 48.5 Å². The van der Waals surface area contributed by atoms with Gasteiger partial charge in [0.1, 0.15) is 0 Å². The minimum Gasteiger partial charge on any atom is -0.478 e. The van der Waals surface area contributed by atoms with Crippen LogP contribution >= 0.6 is 0 Å². The maximum Gasteiger partial charge on any atom is 0.337 e. The van der Waals surface area contributed by atoms with Gasteiger partial charge in [-0.05, 0) is 53.6 Å². The van der Waals surface area contributed by atoms with Crippen LogP contribution in [0.2, 0.25) is 0 Å². The van der Waals surface area contributed by atoms with Crippen LogP contribution in [0.1, 0.15) is 82.6 Å². The zero-order chi connectivity index (χ0) is 26.7. The van der Waals surface area contributed by atoms with E-state index in [-0.39, 0.29) is 13.2 Å². The fourth-order valence-electron chi connectivity index (χ4n) is 4.95. The zero-order valence-electron chi connectivity index (χ0n) is 19.8. The molecule has 0 aliphatic heterocycles. The van der Waals surface area contributed by atoms with Crippen LogP contribution < -0.4 is 0 Å². The van der Waals surface area contributed by atoms with Crippen molar-refractivity contribution >= 4 is 23.8 Å². The summed E-state index contributed by atoms with van der Waals surface area (Å²) in [6.45, 7) is -0.234. The Morgan fingerprint density at radius 2 is 1.43 bits per heavy atom. The molecular weight excluding hydrogens is 478 g/mol. The molecule has 0 unspecified atom stereocenters. The highest BCUT2D eigenvalue weighted by Gasteiger charge is 2.36. The van der Waals surface area contributed by atoms with E-state index in [9.17, 15) is 39.6 Å². The number of benzene rings is 3. The number of carbonyl (C=O) groups excluding carboxylic acids is 1. The maximum atomic E-state index is 14.2. The second-order valence-electron chi connectivity index (χ2n) is 8.84. The fourth-order valence-corrected chi connectivity index (χ4v) is 4.95. The molecule has 0 saturated heterocycles. The molecule has 3 aromatic carbocycles. The summed E-state index contributed by atoms with van der Waals surface area (Å²) in [4.78, 5) is 51.7. The van der Waals surface area contributed by atoms with Crippen LogP contribution in [-0.2, 0) is 19.6 Å². The van der Waals surface area contributed by atoms with E-state index in [4.69, 9.17) is 0 Å². The molecule has 0 bridgehead atoms.